The molecule has 2 saturated heterocycles. The number of unbranched alkanes of at least 4 members (excludes halogenated alkanes) is 10. The summed E-state index contributed by atoms with van der Waals surface area (Å²) in [6, 6.07) is 27.5. The molecule has 0 amide bonds. The highest BCUT2D eigenvalue weighted by Gasteiger charge is 2.23. The van der Waals surface area contributed by atoms with E-state index in [0.29, 0.717) is 43.2 Å². The summed E-state index contributed by atoms with van der Waals surface area (Å²) in [5.41, 5.74) is 2.49. The number of carbonyl (C=O) groups excluding carboxylic acids is 3. The van der Waals surface area contributed by atoms with E-state index in [1.807, 2.05) is 48.5 Å². The third-order valence-corrected chi connectivity index (χ3v) is 11.0. The van der Waals surface area contributed by atoms with Gasteiger partial charge in [0.15, 0.2) is 0 Å². The van der Waals surface area contributed by atoms with Crippen LogP contribution in [0, 0.1) is 11.3 Å². The molecule has 0 N–H and O–H groups in total. The zero-order chi connectivity index (χ0) is 47.4. The fourth-order valence-electron chi connectivity index (χ4n) is 6.86. The van der Waals surface area contributed by atoms with Crippen LogP contribution in [0.15, 0.2) is 103 Å². The molecule has 4 aromatic rings. The molecule has 360 valence electrons. The Morgan fingerprint density at radius 3 is 1.50 bits per heavy atom. The highest BCUT2D eigenvalue weighted by molar-refractivity contribution is 5.96. The second-order valence-electron chi connectivity index (χ2n) is 16.7. The van der Waals surface area contributed by atoms with Crippen molar-refractivity contribution in [2.45, 2.75) is 95.9 Å². The largest absolute Gasteiger partial charge is 0.494 e. The van der Waals surface area contributed by atoms with E-state index < -0.39 is 17.9 Å². The number of benzene rings is 4. The average Bonchev–Trinajstić information content (AvgIpc) is 4.32. The fraction of sp³-hybridized carbons (Fsp3) is 0.418. The quantitative estimate of drug-likeness (QED) is 0.0146. The molecule has 2 fully saturated rings. The normalized spacial score (nSPS) is 14.9. The summed E-state index contributed by atoms with van der Waals surface area (Å²) in [7, 11) is 0. The molecule has 2 heterocycles. The smallest absolute Gasteiger partial charge is 0.342 e. The van der Waals surface area contributed by atoms with E-state index >= 15 is 0 Å². The molecule has 0 saturated carbocycles. The van der Waals surface area contributed by atoms with Crippen molar-refractivity contribution in [2.24, 2.45) is 0 Å². The van der Waals surface area contributed by atoms with Crippen LogP contribution in [-0.2, 0) is 39.9 Å². The lowest BCUT2D eigenvalue weighted by molar-refractivity contribution is -0.130. The molecule has 2 aliphatic rings. The van der Waals surface area contributed by atoms with Crippen molar-refractivity contribution in [2.75, 3.05) is 52.9 Å². The van der Waals surface area contributed by atoms with Gasteiger partial charge in [-0.2, -0.15) is 5.26 Å². The van der Waals surface area contributed by atoms with Crippen LogP contribution in [-0.4, -0.2) is 83.0 Å². The van der Waals surface area contributed by atoms with Gasteiger partial charge in [-0.05, 0) is 109 Å². The Balaban J connectivity index is 0.930. The molecule has 0 spiro atoms. The predicted octanol–water partition coefficient (Wildman–Crippen LogP) is 10.4. The van der Waals surface area contributed by atoms with Crippen LogP contribution in [0.25, 0.3) is 12.2 Å². The zero-order valence-corrected chi connectivity index (χ0v) is 38.8. The first-order chi connectivity index (χ1) is 33.4. The monoisotopic (exact) mass is 929 g/mol. The topological polar surface area (TPSA) is 165 Å². The second kappa shape index (κ2) is 29.5. The average molecular weight is 930 g/mol. The van der Waals surface area contributed by atoms with Crippen LogP contribution in [0.3, 0.4) is 0 Å². The van der Waals surface area contributed by atoms with E-state index in [1.165, 1.54) is 56.0 Å². The maximum atomic E-state index is 13.4. The minimum absolute atomic E-state index is 0.0384. The van der Waals surface area contributed by atoms with E-state index in [0.717, 1.165) is 107 Å². The van der Waals surface area contributed by atoms with Gasteiger partial charge in [0.1, 0.15) is 47.4 Å². The molecule has 68 heavy (non-hydrogen) atoms. The molecule has 2 unspecified atom stereocenters. The SMILES string of the molecule is N#Cc1ccc(COC(=O)c2cc(OC(=O)C=Cc3ccc(OCCCCCCCCOCC4CO4)cc3)ccc2OC(=O)C=Cc2ccc(OCCCCCCCCOCC3CO3)cc2)cc1. The minimum atomic E-state index is -0.815. The fourth-order valence-corrected chi connectivity index (χ4v) is 6.86. The Kier molecular flexibility index (Phi) is 22.1. The molecule has 0 bridgehead atoms. The summed E-state index contributed by atoms with van der Waals surface area (Å²) in [6.07, 6.45) is 19.7. The molecule has 0 aliphatic carbocycles. The number of nitriles is 1. The van der Waals surface area contributed by atoms with Gasteiger partial charge in [-0.25, -0.2) is 14.4 Å². The van der Waals surface area contributed by atoms with E-state index in [-0.39, 0.29) is 23.7 Å². The Labute approximate surface area is 399 Å². The van der Waals surface area contributed by atoms with Crippen LogP contribution in [0.5, 0.6) is 23.0 Å². The van der Waals surface area contributed by atoms with Crippen LogP contribution in [0.2, 0.25) is 0 Å². The van der Waals surface area contributed by atoms with Crippen molar-refractivity contribution in [1.29, 1.82) is 5.26 Å². The Morgan fingerprint density at radius 2 is 1.01 bits per heavy atom. The molecule has 4 aromatic carbocycles. The molecular formula is C55H63NO12. The van der Waals surface area contributed by atoms with Gasteiger partial charge in [0.25, 0.3) is 0 Å². The highest BCUT2D eigenvalue weighted by Crippen LogP contribution is 2.27. The molecule has 13 nitrogen and oxygen atoms in total. The zero-order valence-electron chi connectivity index (χ0n) is 38.8. The van der Waals surface area contributed by atoms with Gasteiger partial charge in [0, 0.05) is 25.4 Å². The molecule has 0 aromatic heterocycles. The van der Waals surface area contributed by atoms with Gasteiger partial charge >= 0.3 is 17.9 Å². The number of nitrogens with zero attached hydrogens (tertiary/aromatic N) is 1. The maximum Gasteiger partial charge on any atom is 0.342 e. The first-order valence-electron chi connectivity index (χ1n) is 23.8. The van der Waals surface area contributed by atoms with E-state index in [2.05, 4.69) is 6.07 Å². The van der Waals surface area contributed by atoms with Gasteiger partial charge in [-0.3, -0.25) is 0 Å². The number of ether oxygens (including phenoxy) is 9. The molecule has 2 aliphatic heterocycles. The summed E-state index contributed by atoms with van der Waals surface area (Å²) in [5.74, 6) is -0.800. The van der Waals surface area contributed by atoms with Crippen molar-refractivity contribution < 1.29 is 57.0 Å². The lowest BCUT2D eigenvalue weighted by Crippen LogP contribution is -2.12. The molecular weight excluding hydrogens is 867 g/mol. The van der Waals surface area contributed by atoms with Gasteiger partial charge in [0.05, 0.1) is 51.3 Å². The summed E-state index contributed by atoms with van der Waals surface area (Å²) >= 11 is 0. The van der Waals surface area contributed by atoms with Crippen molar-refractivity contribution in [1.82, 2.24) is 0 Å². The Hall–Kier alpha value is -6.30. The maximum absolute atomic E-state index is 13.4. The van der Waals surface area contributed by atoms with E-state index in [9.17, 15) is 14.4 Å². The number of hydrogen-bond donors (Lipinski definition) is 0. The van der Waals surface area contributed by atoms with Gasteiger partial charge in [-0.1, -0.05) is 87.8 Å². The summed E-state index contributed by atoms with van der Waals surface area (Å²) in [5, 5.41) is 9.13. The van der Waals surface area contributed by atoms with Gasteiger partial charge < -0.3 is 42.6 Å². The van der Waals surface area contributed by atoms with Crippen molar-refractivity contribution in [3.8, 4) is 29.1 Å². The van der Waals surface area contributed by atoms with Crippen LogP contribution >= 0.6 is 0 Å². The first kappa shape index (κ1) is 51.1. The molecule has 0 radical (unpaired) electrons. The van der Waals surface area contributed by atoms with Crippen molar-refractivity contribution in [3.05, 3.63) is 131 Å². The summed E-state index contributed by atoms with van der Waals surface area (Å²) in [6.45, 7) is 5.84. The number of carbonyl (C=O) groups is 3. The predicted molar refractivity (Wildman–Crippen MR) is 256 cm³/mol. The lowest BCUT2D eigenvalue weighted by Gasteiger charge is -2.11. The number of epoxide rings is 2. The molecule has 2 atom stereocenters. The van der Waals surface area contributed by atoms with Crippen molar-refractivity contribution in [3.63, 3.8) is 0 Å². The van der Waals surface area contributed by atoms with Gasteiger partial charge in [-0.15, -0.1) is 0 Å². The van der Waals surface area contributed by atoms with Crippen LogP contribution in [0.4, 0.5) is 0 Å². The number of hydrogen-bond acceptors (Lipinski definition) is 13. The first-order valence-corrected chi connectivity index (χ1v) is 23.8. The van der Waals surface area contributed by atoms with E-state index in [4.69, 9.17) is 47.9 Å². The standard InChI is InChI=1S/C55H63NO12/c56-36-44-13-15-45(16-14-44)37-66-55(59)51-35-48(67-53(57)29-21-42-17-23-46(24-18-42)62-33-11-7-3-1-5-9-31-60-38-49-40-64-49)27-28-52(51)68-54(58)30-22-43-19-25-47(26-20-43)63-34-12-8-4-2-6-10-32-61-39-50-41-65-50/h13-30,35,49-50H,1-12,31-34,37-41H2. The number of rotatable bonds is 33. The van der Waals surface area contributed by atoms with Gasteiger partial charge in [0.2, 0.25) is 0 Å². The second-order valence-corrected chi connectivity index (χ2v) is 16.7. The third kappa shape index (κ3) is 20.7. The highest BCUT2D eigenvalue weighted by atomic mass is 16.6. The molecule has 6 rings (SSSR count). The minimum Gasteiger partial charge on any atom is -0.494 e. The van der Waals surface area contributed by atoms with Crippen LogP contribution in [0.1, 0.15) is 110 Å². The lowest BCUT2D eigenvalue weighted by atomic mass is 10.1. The Bertz CT molecular complexity index is 2240. The third-order valence-electron chi connectivity index (χ3n) is 11.0. The summed E-state index contributed by atoms with van der Waals surface area (Å²) in [4.78, 5) is 39.4. The summed E-state index contributed by atoms with van der Waals surface area (Å²) < 4.78 is 50.0. The Morgan fingerprint density at radius 1 is 0.559 bits per heavy atom. The van der Waals surface area contributed by atoms with Crippen molar-refractivity contribution >= 4 is 30.1 Å². The number of esters is 3. The van der Waals surface area contributed by atoms with E-state index in [1.54, 1.807) is 36.4 Å². The van der Waals surface area contributed by atoms with Crippen LogP contribution < -0.4 is 18.9 Å². The molecule has 13 heteroatoms.